The molecule has 104 valence electrons. The number of rotatable bonds is 4. The molecule has 0 fully saturated rings. The minimum Gasteiger partial charge on any atom is -0.299 e. The van der Waals surface area contributed by atoms with E-state index in [1.165, 1.54) is 30.3 Å². The van der Waals surface area contributed by atoms with Crippen LogP contribution in [0.15, 0.2) is 40.9 Å². The highest BCUT2D eigenvalue weighted by Crippen LogP contribution is 2.21. The number of ketones is 1. The molecule has 0 saturated carbocycles. The molecule has 0 amide bonds. The van der Waals surface area contributed by atoms with Gasteiger partial charge in [-0.3, -0.25) is 4.79 Å². The summed E-state index contributed by atoms with van der Waals surface area (Å²) in [6, 6.07) is 8.71. The summed E-state index contributed by atoms with van der Waals surface area (Å²) in [5, 5.41) is 0.203. The molecule has 2 aromatic rings. The normalized spacial score (nSPS) is 10.6. The lowest BCUT2D eigenvalue weighted by atomic mass is 10.0. The summed E-state index contributed by atoms with van der Waals surface area (Å²) in [7, 11) is 0. The zero-order valence-electron chi connectivity index (χ0n) is 10.3. The average molecular weight is 360 g/mol. The summed E-state index contributed by atoms with van der Waals surface area (Å²) >= 11 is 9.00. The molecular formula is C15H10BrClF2O. The van der Waals surface area contributed by atoms with Crippen LogP contribution in [0.25, 0.3) is 0 Å². The molecule has 0 aromatic heterocycles. The Kier molecular flexibility index (Phi) is 4.89. The first-order valence-corrected chi connectivity index (χ1v) is 7.03. The van der Waals surface area contributed by atoms with Gasteiger partial charge in [0.15, 0.2) is 0 Å². The van der Waals surface area contributed by atoms with Crippen LogP contribution >= 0.6 is 27.5 Å². The molecule has 20 heavy (non-hydrogen) atoms. The summed E-state index contributed by atoms with van der Waals surface area (Å²) in [5.74, 6) is -1.28. The SMILES string of the molecule is O=C(Cc1ccc(Br)cc1F)Cc1c(F)cccc1Cl. The average Bonchev–Trinajstić information content (AvgIpc) is 2.37. The van der Waals surface area contributed by atoms with Gasteiger partial charge in [0.05, 0.1) is 0 Å². The van der Waals surface area contributed by atoms with Crippen molar-refractivity contribution in [3.05, 3.63) is 68.7 Å². The van der Waals surface area contributed by atoms with Crippen molar-refractivity contribution in [2.45, 2.75) is 12.8 Å². The van der Waals surface area contributed by atoms with Crippen LogP contribution in [0.3, 0.4) is 0 Å². The van der Waals surface area contributed by atoms with Crippen molar-refractivity contribution in [2.75, 3.05) is 0 Å². The van der Waals surface area contributed by atoms with Gasteiger partial charge in [-0.15, -0.1) is 0 Å². The zero-order chi connectivity index (χ0) is 14.7. The van der Waals surface area contributed by atoms with E-state index in [-0.39, 0.29) is 34.8 Å². The van der Waals surface area contributed by atoms with Crippen molar-refractivity contribution in [2.24, 2.45) is 0 Å². The van der Waals surface area contributed by atoms with Gasteiger partial charge in [-0.25, -0.2) is 8.78 Å². The minimum absolute atomic E-state index is 0.0935. The van der Waals surface area contributed by atoms with E-state index in [1.807, 2.05) is 0 Å². The summed E-state index contributed by atoms with van der Waals surface area (Å²) in [5.41, 5.74) is 0.433. The molecule has 2 aromatic carbocycles. The Bertz CT molecular complexity index is 638. The summed E-state index contributed by atoms with van der Waals surface area (Å²) in [6.07, 6.45) is -0.245. The highest BCUT2D eigenvalue weighted by atomic mass is 79.9. The van der Waals surface area contributed by atoms with E-state index in [0.717, 1.165) is 0 Å². The number of benzene rings is 2. The van der Waals surface area contributed by atoms with Gasteiger partial charge in [-0.05, 0) is 29.8 Å². The lowest BCUT2D eigenvalue weighted by Crippen LogP contribution is -2.09. The smallest absolute Gasteiger partial charge is 0.141 e. The second-order valence-electron chi connectivity index (χ2n) is 4.33. The summed E-state index contributed by atoms with van der Waals surface area (Å²) < 4.78 is 27.8. The molecule has 0 bridgehead atoms. The Morgan fingerprint density at radius 3 is 2.50 bits per heavy atom. The van der Waals surface area contributed by atoms with E-state index in [2.05, 4.69) is 15.9 Å². The van der Waals surface area contributed by atoms with Crippen LogP contribution < -0.4 is 0 Å². The van der Waals surface area contributed by atoms with Gasteiger partial charge >= 0.3 is 0 Å². The topological polar surface area (TPSA) is 17.1 Å². The van der Waals surface area contributed by atoms with Crippen molar-refractivity contribution in [1.82, 2.24) is 0 Å². The van der Waals surface area contributed by atoms with E-state index in [4.69, 9.17) is 11.6 Å². The summed E-state index contributed by atoms with van der Waals surface area (Å²) in [4.78, 5) is 11.9. The molecule has 0 unspecified atom stereocenters. The van der Waals surface area contributed by atoms with Crippen molar-refractivity contribution < 1.29 is 13.6 Å². The van der Waals surface area contributed by atoms with E-state index in [1.54, 1.807) is 6.07 Å². The first-order valence-electron chi connectivity index (χ1n) is 5.86. The van der Waals surface area contributed by atoms with E-state index in [0.29, 0.717) is 4.47 Å². The molecule has 0 N–H and O–H groups in total. The number of halogens is 4. The molecule has 0 aliphatic heterocycles. The van der Waals surface area contributed by atoms with Gasteiger partial charge < -0.3 is 0 Å². The molecular weight excluding hydrogens is 350 g/mol. The molecule has 5 heteroatoms. The van der Waals surface area contributed by atoms with Crippen LogP contribution in [0, 0.1) is 11.6 Å². The fraction of sp³-hybridized carbons (Fsp3) is 0.133. The highest BCUT2D eigenvalue weighted by molar-refractivity contribution is 9.10. The maximum Gasteiger partial charge on any atom is 0.141 e. The third-order valence-corrected chi connectivity index (χ3v) is 3.69. The standard InChI is InChI=1S/C15H10BrClF2O/c16-10-5-4-9(15(19)7-10)6-11(20)8-12-13(17)2-1-3-14(12)18/h1-5,7H,6,8H2. The highest BCUT2D eigenvalue weighted by Gasteiger charge is 2.14. The molecule has 1 nitrogen and oxygen atoms in total. The lowest BCUT2D eigenvalue weighted by Gasteiger charge is -2.06. The molecule has 0 aliphatic rings. The molecule has 2 rings (SSSR count). The quantitative estimate of drug-likeness (QED) is 0.771. The van der Waals surface area contributed by atoms with Crippen molar-refractivity contribution in [3.8, 4) is 0 Å². The number of hydrogen-bond acceptors (Lipinski definition) is 1. The number of carbonyl (C=O) groups is 1. The molecule has 0 atom stereocenters. The van der Waals surface area contributed by atoms with Crippen LogP contribution in [0.4, 0.5) is 8.78 Å². The van der Waals surface area contributed by atoms with Crippen molar-refractivity contribution >= 4 is 33.3 Å². The van der Waals surface area contributed by atoms with Gasteiger partial charge in [-0.2, -0.15) is 0 Å². The van der Waals surface area contributed by atoms with E-state index in [9.17, 15) is 13.6 Å². The fourth-order valence-corrected chi connectivity index (χ4v) is 2.40. The Balaban J connectivity index is 2.13. The maximum atomic E-state index is 13.6. The Hall–Kier alpha value is -1.26. The van der Waals surface area contributed by atoms with E-state index >= 15 is 0 Å². The minimum atomic E-state index is -0.526. The van der Waals surface area contributed by atoms with Gasteiger partial charge in [0.2, 0.25) is 0 Å². The monoisotopic (exact) mass is 358 g/mol. The second-order valence-corrected chi connectivity index (χ2v) is 5.65. The van der Waals surface area contributed by atoms with Gasteiger partial charge in [-0.1, -0.05) is 39.7 Å². The molecule has 0 aliphatic carbocycles. The van der Waals surface area contributed by atoms with Crippen molar-refractivity contribution in [3.63, 3.8) is 0 Å². The Morgan fingerprint density at radius 2 is 1.85 bits per heavy atom. The summed E-state index contributed by atoms with van der Waals surface area (Å²) in [6.45, 7) is 0. The maximum absolute atomic E-state index is 13.6. The first kappa shape index (κ1) is 15.1. The van der Waals surface area contributed by atoms with Gasteiger partial charge in [0.1, 0.15) is 17.4 Å². The predicted octanol–water partition coefficient (Wildman–Crippen LogP) is 4.74. The predicted molar refractivity (Wildman–Crippen MR) is 77.9 cm³/mol. The third-order valence-electron chi connectivity index (χ3n) is 2.84. The Morgan fingerprint density at radius 1 is 1.10 bits per heavy atom. The Labute approximate surface area is 128 Å². The van der Waals surface area contributed by atoms with Crippen LogP contribution in [-0.2, 0) is 17.6 Å². The fourth-order valence-electron chi connectivity index (χ4n) is 1.84. The number of Topliss-reactive ketones (excluding diaryl/α,β-unsaturated/α-hetero) is 1. The van der Waals surface area contributed by atoms with Crippen LogP contribution in [0.2, 0.25) is 5.02 Å². The molecule has 0 heterocycles. The van der Waals surface area contributed by atoms with Crippen molar-refractivity contribution in [1.29, 1.82) is 0 Å². The zero-order valence-corrected chi connectivity index (χ0v) is 12.6. The van der Waals surface area contributed by atoms with E-state index < -0.39 is 11.6 Å². The van der Waals surface area contributed by atoms with Crippen LogP contribution in [0.1, 0.15) is 11.1 Å². The lowest BCUT2D eigenvalue weighted by molar-refractivity contribution is -0.117. The van der Waals surface area contributed by atoms with Gasteiger partial charge in [0, 0.05) is 27.9 Å². The molecule has 0 saturated heterocycles. The van der Waals surface area contributed by atoms with Crippen LogP contribution in [-0.4, -0.2) is 5.78 Å². The molecule has 0 radical (unpaired) electrons. The third kappa shape index (κ3) is 3.64. The molecule has 0 spiro atoms. The van der Waals surface area contributed by atoms with Gasteiger partial charge in [0.25, 0.3) is 0 Å². The van der Waals surface area contributed by atoms with Crippen LogP contribution in [0.5, 0.6) is 0 Å². The number of carbonyl (C=O) groups excluding carboxylic acids is 1. The second kappa shape index (κ2) is 6.46. The number of hydrogen-bond donors (Lipinski definition) is 0. The first-order chi connectivity index (χ1) is 9.47. The largest absolute Gasteiger partial charge is 0.299 e.